The maximum absolute atomic E-state index is 13.5. The summed E-state index contributed by atoms with van der Waals surface area (Å²) in [6.45, 7) is 1.98. The number of hydrazine groups is 1. The lowest BCUT2D eigenvalue weighted by molar-refractivity contribution is 0.602. The minimum absolute atomic E-state index is 0.170. The quantitative estimate of drug-likeness (QED) is 0.664. The minimum Gasteiger partial charge on any atom is -0.271 e. The first-order valence-electron chi connectivity index (χ1n) is 7.03. The molecule has 0 heterocycles. The zero-order valence-corrected chi connectivity index (χ0v) is 11.6. The Labute approximate surface area is 118 Å². The number of nitrogens with one attached hydrogen (secondary N) is 1. The molecule has 1 atom stereocenters. The van der Waals surface area contributed by atoms with E-state index in [1.807, 2.05) is 6.92 Å². The van der Waals surface area contributed by atoms with Gasteiger partial charge in [-0.2, -0.15) is 0 Å². The maximum atomic E-state index is 13.5. The van der Waals surface area contributed by atoms with Crippen LogP contribution in [0.25, 0.3) is 0 Å². The molecule has 1 unspecified atom stereocenters. The normalized spacial score (nSPS) is 15.2. The molecule has 3 rings (SSSR count). The average Bonchev–Trinajstić information content (AvgIpc) is 2.91. The van der Waals surface area contributed by atoms with Crippen molar-refractivity contribution in [3.8, 4) is 0 Å². The van der Waals surface area contributed by atoms with Crippen molar-refractivity contribution in [3.05, 3.63) is 70.0 Å². The van der Waals surface area contributed by atoms with Gasteiger partial charge in [0.25, 0.3) is 0 Å². The van der Waals surface area contributed by atoms with E-state index >= 15 is 0 Å². The van der Waals surface area contributed by atoms with Crippen molar-refractivity contribution < 1.29 is 4.39 Å². The lowest BCUT2D eigenvalue weighted by Crippen LogP contribution is -2.29. The number of benzene rings is 2. The fraction of sp³-hybridized carbons (Fsp3) is 0.294. The number of fused-ring (bicyclic) bond motifs is 1. The van der Waals surface area contributed by atoms with Crippen LogP contribution in [0.3, 0.4) is 0 Å². The van der Waals surface area contributed by atoms with E-state index < -0.39 is 0 Å². The van der Waals surface area contributed by atoms with Gasteiger partial charge in [-0.3, -0.25) is 5.84 Å². The van der Waals surface area contributed by atoms with Crippen LogP contribution in [0, 0.1) is 12.7 Å². The number of hydrogen-bond acceptors (Lipinski definition) is 2. The van der Waals surface area contributed by atoms with Gasteiger partial charge in [0.2, 0.25) is 0 Å². The molecular weight excluding hydrogens is 251 g/mol. The Balaban J connectivity index is 2.03. The molecule has 0 amide bonds. The standard InChI is InChI=1S/C17H19FN2/c1-11-5-8-15(18)10-16(11)17(20-19)14-7-6-12-3-2-4-13(12)9-14/h5-10,17,20H,2-4,19H2,1H3. The molecule has 0 saturated heterocycles. The Kier molecular flexibility index (Phi) is 3.55. The van der Waals surface area contributed by atoms with Crippen molar-refractivity contribution in [1.29, 1.82) is 0 Å². The highest BCUT2D eigenvalue weighted by atomic mass is 19.1. The number of halogens is 1. The van der Waals surface area contributed by atoms with E-state index in [1.54, 1.807) is 12.1 Å². The molecule has 3 N–H and O–H groups in total. The van der Waals surface area contributed by atoms with Crippen LogP contribution >= 0.6 is 0 Å². The summed E-state index contributed by atoms with van der Waals surface area (Å²) < 4.78 is 13.5. The van der Waals surface area contributed by atoms with Gasteiger partial charge in [0.1, 0.15) is 5.82 Å². The Bertz CT molecular complexity index is 637. The summed E-state index contributed by atoms with van der Waals surface area (Å²) in [5.41, 5.74) is 8.69. The highest BCUT2D eigenvalue weighted by molar-refractivity contribution is 5.42. The summed E-state index contributed by atoms with van der Waals surface area (Å²) in [6, 6.07) is 11.1. The van der Waals surface area contributed by atoms with Gasteiger partial charge in [-0.15, -0.1) is 0 Å². The van der Waals surface area contributed by atoms with Crippen LogP contribution in [0.4, 0.5) is 4.39 Å². The maximum Gasteiger partial charge on any atom is 0.123 e. The van der Waals surface area contributed by atoms with Crippen molar-refractivity contribution in [2.24, 2.45) is 5.84 Å². The van der Waals surface area contributed by atoms with Crippen LogP contribution < -0.4 is 11.3 Å². The Hall–Kier alpha value is -1.71. The molecule has 1 aliphatic carbocycles. The highest BCUT2D eigenvalue weighted by Gasteiger charge is 2.18. The average molecular weight is 270 g/mol. The second-order valence-electron chi connectivity index (χ2n) is 5.48. The van der Waals surface area contributed by atoms with E-state index in [4.69, 9.17) is 5.84 Å². The van der Waals surface area contributed by atoms with Crippen LogP contribution in [-0.4, -0.2) is 0 Å². The van der Waals surface area contributed by atoms with Gasteiger partial charge in [0, 0.05) is 0 Å². The molecule has 1 aliphatic rings. The number of nitrogens with two attached hydrogens (primary N) is 1. The summed E-state index contributed by atoms with van der Waals surface area (Å²) in [7, 11) is 0. The summed E-state index contributed by atoms with van der Waals surface area (Å²) in [6.07, 6.45) is 3.51. The zero-order chi connectivity index (χ0) is 14.1. The summed E-state index contributed by atoms with van der Waals surface area (Å²) in [5, 5.41) is 0. The third-order valence-corrected chi connectivity index (χ3v) is 4.17. The predicted molar refractivity (Wildman–Crippen MR) is 78.8 cm³/mol. The molecule has 2 nitrogen and oxygen atoms in total. The second-order valence-corrected chi connectivity index (χ2v) is 5.48. The smallest absolute Gasteiger partial charge is 0.123 e. The van der Waals surface area contributed by atoms with Crippen molar-refractivity contribution in [3.63, 3.8) is 0 Å². The third kappa shape index (κ3) is 2.35. The van der Waals surface area contributed by atoms with Crippen LogP contribution in [0.5, 0.6) is 0 Å². The van der Waals surface area contributed by atoms with Gasteiger partial charge < -0.3 is 0 Å². The SMILES string of the molecule is Cc1ccc(F)cc1C(NN)c1ccc2c(c1)CCC2. The van der Waals surface area contributed by atoms with Crippen LogP contribution in [-0.2, 0) is 12.8 Å². The fourth-order valence-corrected chi connectivity index (χ4v) is 3.06. The van der Waals surface area contributed by atoms with Crippen molar-refractivity contribution in [1.82, 2.24) is 5.43 Å². The molecule has 20 heavy (non-hydrogen) atoms. The van der Waals surface area contributed by atoms with Crippen LogP contribution in [0.1, 0.15) is 40.3 Å². The van der Waals surface area contributed by atoms with E-state index in [0.29, 0.717) is 0 Å². The molecule has 2 aromatic carbocycles. The zero-order valence-electron chi connectivity index (χ0n) is 11.6. The Morgan fingerprint density at radius 2 is 1.90 bits per heavy atom. The minimum atomic E-state index is -0.230. The summed E-state index contributed by atoms with van der Waals surface area (Å²) in [4.78, 5) is 0. The molecule has 0 bridgehead atoms. The molecule has 104 valence electrons. The Morgan fingerprint density at radius 3 is 2.70 bits per heavy atom. The van der Waals surface area contributed by atoms with Gasteiger partial charge >= 0.3 is 0 Å². The second kappa shape index (κ2) is 5.35. The fourth-order valence-electron chi connectivity index (χ4n) is 3.06. The lowest BCUT2D eigenvalue weighted by Gasteiger charge is -2.20. The highest BCUT2D eigenvalue weighted by Crippen LogP contribution is 2.29. The molecule has 0 aromatic heterocycles. The molecule has 0 saturated carbocycles. The molecule has 0 aliphatic heterocycles. The first-order valence-corrected chi connectivity index (χ1v) is 7.03. The van der Waals surface area contributed by atoms with Crippen LogP contribution in [0.15, 0.2) is 36.4 Å². The van der Waals surface area contributed by atoms with Gasteiger partial charge in [0.05, 0.1) is 6.04 Å². The molecule has 2 aromatic rings. The number of hydrogen-bond donors (Lipinski definition) is 2. The summed E-state index contributed by atoms with van der Waals surface area (Å²) >= 11 is 0. The molecule has 0 spiro atoms. The first kappa shape index (κ1) is 13.3. The number of aryl methyl sites for hydroxylation is 3. The molecular formula is C17H19FN2. The van der Waals surface area contributed by atoms with E-state index in [1.165, 1.54) is 23.6 Å². The van der Waals surface area contributed by atoms with Crippen molar-refractivity contribution in [2.75, 3.05) is 0 Å². The Morgan fingerprint density at radius 1 is 1.10 bits per heavy atom. The van der Waals surface area contributed by atoms with E-state index in [0.717, 1.165) is 29.5 Å². The topological polar surface area (TPSA) is 38.0 Å². The largest absolute Gasteiger partial charge is 0.271 e. The van der Waals surface area contributed by atoms with Gasteiger partial charge in [-0.1, -0.05) is 24.3 Å². The summed E-state index contributed by atoms with van der Waals surface area (Å²) in [5.74, 6) is 5.50. The van der Waals surface area contributed by atoms with Gasteiger partial charge in [-0.05, 0) is 66.1 Å². The van der Waals surface area contributed by atoms with Crippen molar-refractivity contribution in [2.45, 2.75) is 32.2 Å². The van der Waals surface area contributed by atoms with E-state index in [2.05, 4.69) is 23.6 Å². The molecule has 0 radical (unpaired) electrons. The van der Waals surface area contributed by atoms with Gasteiger partial charge in [0.15, 0.2) is 0 Å². The molecule has 0 fully saturated rings. The van der Waals surface area contributed by atoms with Gasteiger partial charge in [-0.25, -0.2) is 9.82 Å². The van der Waals surface area contributed by atoms with Crippen LogP contribution in [0.2, 0.25) is 0 Å². The number of rotatable bonds is 3. The predicted octanol–water partition coefficient (Wildman–Crippen LogP) is 3.18. The van der Waals surface area contributed by atoms with Crippen molar-refractivity contribution >= 4 is 0 Å². The molecule has 3 heteroatoms. The first-order chi connectivity index (χ1) is 9.69. The van der Waals surface area contributed by atoms with E-state index in [9.17, 15) is 4.39 Å². The van der Waals surface area contributed by atoms with E-state index in [-0.39, 0.29) is 11.9 Å². The monoisotopic (exact) mass is 270 g/mol. The lowest BCUT2D eigenvalue weighted by atomic mass is 9.93. The third-order valence-electron chi connectivity index (χ3n) is 4.17.